The van der Waals surface area contributed by atoms with E-state index in [0.29, 0.717) is 0 Å². The molecule has 120 valence electrons. The number of Topliss-reactive ketones (excluding diaryl/α,β-unsaturated/α-hetero) is 1. The average molecular weight is 337 g/mol. The van der Waals surface area contributed by atoms with Crippen LogP contribution >= 0.6 is 11.8 Å². The van der Waals surface area contributed by atoms with Crippen LogP contribution in [0.25, 0.3) is 0 Å². The Kier molecular flexibility index (Phi) is 1.87. The zero-order valence-electron chi connectivity index (χ0n) is 12.9. The van der Waals surface area contributed by atoms with Crippen LogP contribution in [0.5, 0.6) is 0 Å². The van der Waals surface area contributed by atoms with Crippen molar-refractivity contribution in [1.29, 1.82) is 0 Å². The largest absolute Gasteiger partial charge is 0.370 e. The van der Waals surface area contributed by atoms with E-state index in [-0.39, 0.29) is 34.4 Å². The molecule has 3 bridgehead atoms. The van der Waals surface area contributed by atoms with Gasteiger partial charge in [-0.15, -0.1) is 11.8 Å². The van der Waals surface area contributed by atoms with Crippen LogP contribution in [0.3, 0.4) is 0 Å². The Hall–Kier alpha value is -1.79. The smallest absolute Gasteiger partial charge is 0.225 e. The van der Waals surface area contributed by atoms with Crippen LogP contribution in [0.4, 0.5) is 0 Å². The van der Waals surface area contributed by atoms with Gasteiger partial charge < -0.3 is 10.3 Å². The third-order valence-corrected chi connectivity index (χ3v) is 8.22. The number of hydrogen-bond donors (Lipinski definition) is 2. The zero-order valence-corrected chi connectivity index (χ0v) is 13.7. The summed E-state index contributed by atoms with van der Waals surface area (Å²) in [6, 6.07) is 0.0755. The molecule has 1 spiro atoms. The van der Waals surface area contributed by atoms with Crippen molar-refractivity contribution in [3.63, 3.8) is 0 Å². The van der Waals surface area contributed by atoms with Crippen molar-refractivity contribution < 1.29 is 9.59 Å². The number of nitrogens with one attached hydrogen (secondary N) is 2. The number of nitrogens with zero attached hydrogens (tertiary/aromatic N) is 1. The molecule has 7 rings (SSSR count). The Morgan fingerprint density at radius 1 is 1.29 bits per heavy atom. The van der Waals surface area contributed by atoms with Gasteiger partial charge in [-0.05, 0) is 36.5 Å². The predicted octanol–water partition coefficient (Wildman–Crippen LogP) is 1.66. The van der Waals surface area contributed by atoms with Crippen LogP contribution < -0.4 is 5.32 Å². The van der Waals surface area contributed by atoms with E-state index in [2.05, 4.69) is 15.2 Å². The van der Waals surface area contributed by atoms with Gasteiger partial charge in [0.2, 0.25) is 5.78 Å². The lowest BCUT2D eigenvalue weighted by atomic mass is 9.58. The molecule has 6 aliphatic rings. The zero-order chi connectivity index (χ0) is 15.8. The molecule has 24 heavy (non-hydrogen) atoms. The van der Waals surface area contributed by atoms with E-state index in [1.807, 2.05) is 12.3 Å². The number of carbonyl (C=O) groups excluding carboxylic acids is 2. The van der Waals surface area contributed by atoms with Crippen LogP contribution in [-0.4, -0.2) is 39.4 Å². The highest BCUT2D eigenvalue weighted by Crippen LogP contribution is 2.68. The summed E-state index contributed by atoms with van der Waals surface area (Å²) in [4.78, 5) is 32.8. The highest BCUT2D eigenvalue weighted by Gasteiger charge is 2.64. The lowest BCUT2D eigenvalue weighted by molar-refractivity contribution is -0.124. The van der Waals surface area contributed by atoms with Gasteiger partial charge in [0.05, 0.1) is 28.8 Å². The molecular formula is C18H15N3O2S. The maximum atomic E-state index is 13.1. The second-order valence-corrected chi connectivity index (χ2v) is 9.02. The first-order chi connectivity index (χ1) is 11.7. The molecule has 2 aliphatic carbocycles. The summed E-state index contributed by atoms with van der Waals surface area (Å²) in [5, 5.41) is 3.73. The Bertz CT molecular complexity index is 957. The molecule has 4 aliphatic heterocycles. The number of aromatic amines is 1. The minimum atomic E-state index is -0.0745. The molecule has 2 saturated heterocycles. The third kappa shape index (κ3) is 1.10. The molecule has 4 atom stereocenters. The molecule has 0 saturated carbocycles. The highest BCUT2D eigenvalue weighted by atomic mass is 32.2. The van der Waals surface area contributed by atoms with Gasteiger partial charge in [-0.3, -0.25) is 14.5 Å². The van der Waals surface area contributed by atoms with E-state index in [9.17, 15) is 9.59 Å². The van der Waals surface area contributed by atoms with Crippen LogP contribution in [-0.2, 0) is 11.2 Å². The van der Waals surface area contributed by atoms with Crippen LogP contribution in [0.1, 0.15) is 40.5 Å². The van der Waals surface area contributed by atoms with Gasteiger partial charge in [-0.2, -0.15) is 0 Å². The molecule has 0 radical (unpaired) electrons. The summed E-state index contributed by atoms with van der Waals surface area (Å²) in [5.41, 5.74) is 5.15. The fraction of sp³-hybridized carbons (Fsp3) is 0.444. The number of hydrogen-bond acceptors (Lipinski definition) is 5. The van der Waals surface area contributed by atoms with Gasteiger partial charge in [0.15, 0.2) is 5.78 Å². The average Bonchev–Trinajstić information content (AvgIpc) is 3.11. The van der Waals surface area contributed by atoms with E-state index in [0.717, 1.165) is 42.8 Å². The standard InChI is InChI=1S/C18H15N3O2S/c22-9-3-10-18-4-8(9)21-2-1-7-6-19-14-12(7)16(21)13(18)15(17(14)23)20-11(5-18)24-10/h3,6,8,11,16,19-20H,1-2,4-5H2. The van der Waals surface area contributed by atoms with Crippen molar-refractivity contribution in [2.75, 3.05) is 6.54 Å². The number of H-pyrrole nitrogens is 1. The molecule has 5 heterocycles. The maximum absolute atomic E-state index is 13.1. The first-order valence-corrected chi connectivity index (χ1v) is 9.50. The number of aromatic nitrogens is 1. The minimum absolute atomic E-state index is 0.0229. The first kappa shape index (κ1) is 12.6. The van der Waals surface area contributed by atoms with Crippen molar-refractivity contribution in [2.45, 2.75) is 36.7 Å². The van der Waals surface area contributed by atoms with Gasteiger partial charge in [-0.1, -0.05) is 0 Å². The number of piperidine rings is 1. The van der Waals surface area contributed by atoms with Crippen LogP contribution in [0.2, 0.25) is 0 Å². The van der Waals surface area contributed by atoms with Gasteiger partial charge >= 0.3 is 0 Å². The molecule has 6 heteroatoms. The van der Waals surface area contributed by atoms with E-state index >= 15 is 0 Å². The summed E-state index contributed by atoms with van der Waals surface area (Å²) in [6.07, 6.45) is 6.68. The summed E-state index contributed by atoms with van der Waals surface area (Å²) >= 11 is 1.76. The number of carbonyl (C=O) groups is 2. The molecule has 1 aromatic heterocycles. The van der Waals surface area contributed by atoms with E-state index in [4.69, 9.17) is 0 Å². The lowest BCUT2D eigenvalue weighted by Crippen LogP contribution is -2.60. The molecule has 1 aromatic rings. The van der Waals surface area contributed by atoms with Crippen molar-refractivity contribution in [3.8, 4) is 0 Å². The number of ketones is 2. The molecule has 2 fully saturated rings. The van der Waals surface area contributed by atoms with Crippen molar-refractivity contribution in [3.05, 3.63) is 45.3 Å². The van der Waals surface area contributed by atoms with Crippen LogP contribution in [0.15, 0.2) is 28.4 Å². The molecule has 5 nitrogen and oxygen atoms in total. The normalized spacial score (nSPS) is 40.7. The maximum Gasteiger partial charge on any atom is 0.225 e. The summed E-state index contributed by atoms with van der Waals surface area (Å²) in [6.45, 7) is 0.895. The van der Waals surface area contributed by atoms with Crippen molar-refractivity contribution in [1.82, 2.24) is 15.2 Å². The topological polar surface area (TPSA) is 65.2 Å². The lowest BCUT2D eigenvalue weighted by Gasteiger charge is -2.57. The van der Waals surface area contributed by atoms with Gasteiger partial charge in [0, 0.05) is 28.6 Å². The number of thioether (sulfide) groups is 1. The SMILES string of the molecule is O=C1C2=C3C4c5c(c[nH]c51)CCN4C1CC34CC(N2)SC4=CC1=O. The number of rotatable bonds is 0. The second-order valence-electron chi connectivity index (χ2n) is 7.78. The summed E-state index contributed by atoms with van der Waals surface area (Å²) in [7, 11) is 0. The monoisotopic (exact) mass is 337 g/mol. The Labute approximate surface area is 142 Å². The van der Waals surface area contributed by atoms with Gasteiger partial charge in [0.1, 0.15) is 0 Å². The highest BCUT2D eigenvalue weighted by molar-refractivity contribution is 8.04. The first-order valence-electron chi connectivity index (χ1n) is 8.62. The Balaban J connectivity index is 1.63. The van der Waals surface area contributed by atoms with Crippen molar-refractivity contribution >= 4 is 23.3 Å². The second kappa shape index (κ2) is 3.58. The molecule has 2 N–H and O–H groups in total. The minimum Gasteiger partial charge on any atom is -0.370 e. The summed E-state index contributed by atoms with van der Waals surface area (Å²) < 4.78 is 0. The Morgan fingerprint density at radius 3 is 3.12 bits per heavy atom. The molecule has 0 amide bonds. The van der Waals surface area contributed by atoms with E-state index in [1.54, 1.807) is 11.8 Å². The predicted molar refractivity (Wildman–Crippen MR) is 88.4 cm³/mol. The fourth-order valence-electron chi connectivity index (χ4n) is 6.01. The van der Waals surface area contributed by atoms with Gasteiger partial charge in [0.25, 0.3) is 0 Å². The van der Waals surface area contributed by atoms with E-state index < -0.39 is 0 Å². The molecule has 0 aromatic carbocycles. The third-order valence-electron chi connectivity index (χ3n) is 6.89. The fourth-order valence-corrected chi connectivity index (χ4v) is 7.55. The number of allylic oxidation sites excluding steroid dienone is 2. The molecular weight excluding hydrogens is 322 g/mol. The van der Waals surface area contributed by atoms with E-state index in [1.165, 1.54) is 16.0 Å². The quantitative estimate of drug-likeness (QED) is 0.754. The summed E-state index contributed by atoms with van der Waals surface area (Å²) in [5.74, 6) is 0.374. The van der Waals surface area contributed by atoms with Crippen molar-refractivity contribution in [2.24, 2.45) is 5.41 Å². The number of fused-ring (bicyclic) bond motifs is 3. The molecule has 4 unspecified atom stereocenters. The van der Waals surface area contributed by atoms with Gasteiger partial charge in [-0.25, -0.2) is 0 Å². The van der Waals surface area contributed by atoms with Crippen LogP contribution in [0, 0.1) is 5.41 Å². The Morgan fingerprint density at radius 2 is 2.21 bits per heavy atom.